The van der Waals surface area contributed by atoms with Crippen molar-refractivity contribution in [3.05, 3.63) is 0 Å². The maximum Gasteiger partial charge on any atom is 0.136 e. The van der Waals surface area contributed by atoms with Gasteiger partial charge in [-0.2, -0.15) is 0 Å². The molecule has 0 aromatic heterocycles. The Morgan fingerprint density at radius 3 is 2.40 bits per heavy atom. The van der Waals surface area contributed by atoms with E-state index in [4.69, 9.17) is 0 Å². The predicted octanol–water partition coefficient (Wildman–Crippen LogP) is 8.07. The smallest absolute Gasteiger partial charge is 0.136 e. The average Bonchev–Trinajstić information content (AvgIpc) is 3.27. The van der Waals surface area contributed by atoms with Gasteiger partial charge in [-0.15, -0.1) is 0 Å². The van der Waals surface area contributed by atoms with E-state index in [1.807, 2.05) is 0 Å². The Morgan fingerprint density at radius 1 is 0.900 bits per heavy atom. The fourth-order valence-corrected chi connectivity index (χ4v) is 10.8. The lowest BCUT2D eigenvalue weighted by Crippen LogP contribution is -2.55. The second-order valence-electron chi connectivity index (χ2n) is 13.8. The van der Waals surface area contributed by atoms with Crippen molar-refractivity contribution in [1.29, 1.82) is 0 Å². The summed E-state index contributed by atoms with van der Waals surface area (Å²) in [4.78, 5) is 12.5. The van der Waals surface area contributed by atoms with Crippen molar-refractivity contribution in [2.24, 2.45) is 57.2 Å². The molecule has 0 unspecified atom stereocenters. The van der Waals surface area contributed by atoms with Crippen LogP contribution in [0.1, 0.15) is 119 Å². The molecule has 5 fully saturated rings. The molecular weight excluding hydrogens is 364 g/mol. The molecule has 170 valence electrons. The summed E-state index contributed by atoms with van der Waals surface area (Å²) < 4.78 is 0. The number of carbonyl (C=O) groups is 1. The molecule has 0 N–H and O–H groups in total. The maximum absolute atomic E-state index is 12.5. The van der Waals surface area contributed by atoms with E-state index in [0.29, 0.717) is 33.4 Å². The molecule has 0 saturated heterocycles. The van der Waals surface area contributed by atoms with Gasteiger partial charge in [0.15, 0.2) is 0 Å². The van der Waals surface area contributed by atoms with Gasteiger partial charge in [-0.25, -0.2) is 0 Å². The second kappa shape index (κ2) is 6.84. The molecule has 5 saturated carbocycles. The Hall–Kier alpha value is -0.330. The van der Waals surface area contributed by atoms with Crippen molar-refractivity contribution < 1.29 is 4.79 Å². The van der Waals surface area contributed by atoms with Crippen molar-refractivity contribution in [3.63, 3.8) is 0 Å². The van der Waals surface area contributed by atoms with Gasteiger partial charge in [-0.3, -0.25) is 4.79 Å². The third-order valence-electron chi connectivity index (χ3n) is 12.7. The van der Waals surface area contributed by atoms with Gasteiger partial charge in [-0.1, -0.05) is 60.8 Å². The molecule has 0 amide bonds. The molecular formula is C29H48O. The van der Waals surface area contributed by atoms with E-state index in [-0.39, 0.29) is 0 Å². The van der Waals surface area contributed by atoms with Gasteiger partial charge in [0.1, 0.15) is 5.78 Å². The van der Waals surface area contributed by atoms with Crippen LogP contribution in [0.2, 0.25) is 0 Å². The molecule has 1 heteroatoms. The highest BCUT2D eigenvalue weighted by Crippen LogP contribution is 2.88. The highest BCUT2D eigenvalue weighted by Gasteiger charge is 2.81. The van der Waals surface area contributed by atoms with Crippen LogP contribution in [0.5, 0.6) is 0 Å². The van der Waals surface area contributed by atoms with Crippen LogP contribution < -0.4 is 0 Å². The summed E-state index contributed by atoms with van der Waals surface area (Å²) in [7, 11) is 0. The summed E-state index contributed by atoms with van der Waals surface area (Å²) in [6, 6.07) is 0. The molecule has 0 aliphatic heterocycles. The Balaban J connectivity index is 1.38. The van der Waals surface area contributed by atoms with Crippen LogP contribution in [0.15, 0.2) is 0 Å². The van der Waals surface area contributed by atoms with E-state index in [2.05, 4.69) is 41.5 Å². The molecule has 0 aromatic rings. The lowest BCUT2D eigenvalue weighted by molar-refractivity contribution is -0.146. The van der Waals surface area contributed by atoms with Crippen molar-refractivity contribution in [1.82, 2.24) is 0 Å². The first-order valence-electron chi connectivity index (χ1n) is 13.6. The lowest BCUT2D eigenvalue weighted by atomic mass is 9.43. The monoisotopic (exact) mass is 412 g/mol. The van der Waals surface area contributed by atoms with Gasteiger partial charge < -0.3 is 0 Å². The molecule has 0 radical (unpaired) electrons. The van der Waals surface area contributed by atoms with Gasteiger partial charge in [0.25, 0.3) is 0 Å². The van der Waals surface area contributed by atoms with Crippen molar-refractivity contribution in [2.45, 2.75) is 119 Å². The third-order valence-corrected chi connectivity index (χ3v) is 12.7. The summed E-state index contributed by atoms with van der Waals surface area (Å²) in [6.07, 6.45) is 16.5. The molecule has 5 rings (SSSR count). The molecule has 1 nitrogen and oxygen atoms in total. The number of hydrogen-bond acceptors (Lipinski definition) is 1. The molecule has 5 aliphatic rings. The number of Topliss-reactive ketones (excluding diaryl/α,β-unsaturated/α-hetero) is 1. The van der Waals surface area contributed by atoms with Gasteiger partial charge in [-0.05, 0) is 103 Å². The molecule has 0 aromatic carbocycles. The summed E-state index contributed by atoms with van der Waals surface area (Å²) in [5.41, 5.74) is 2.28. The van der Waals surface area contributed by atoms with Gasteiger partial charge >= 0.3 is 0 Å². The van der Waals surface area contributed by atoms with Gasteiger partial charge in [0, 0.05) is 12.3 Å². The molecule has 0 bridgehead atoms. The van der Waals surface area contributed by atoms with Gasteiger partial charge in [0.2, 0.25) is 0 Å². The quantitative estimate of drug-likeness (QED) is 0.446. The van der Waals surface area contributed by atoms with Crippen LogP contribution in [0.25, 0.3) is 0 Å². The second-order valence-corrected chi connectivity index (χ2v) is 13.8. The van der Waals surface area contributed by atoms with E-state index in [9.17, 15) is 4.79 Å². The molecule has 9 atom stereocenters. The number of fused-ring (bicyclic) bond motifs is 2. The van der Waals surface area contributed by atoms with E-state index >= 15 is 0 Å². The number of ketones is 1. The van der Waals surface area contributed by atoms with E-state index < -0.39 is 0 Å². The summed E-state index contributed by atoms with van der Waals surface area (Å²) >= 11 is 0. The topological polar surface area (TPSA) is 17.1 Å². The van der Waals surface area contributed by atoms with Crippen molar-refractivity contribution in [3.8, 4) is 0 Å². The average molecular weight is 413 g/mol. The third kappa shape index (κ3) is 2.56. The minimum Gasteiger partial charge on any atom is -0.299 e. The molecule has 30 heavy (non-hydrogen) atoms. The van der Waals surface area contributed by atoms with Crippen LogP contribution in [-0.4, -0.2) is 5.78 Å². The Labute approximate surface area is 186 Å². The summed E-state index contributed by atoms with van der Waals surface area (Å²) in [5.74, 6) is 5.25. The molecule has 2 spiro atoms. The Morgan fingerprint density at radius 2 is 1.67 bits per heavy atom. The first-order valence-corrected chi connectivity index (χ1v) is 13.6. The van der Waals surface area contributed by atoms with E-state index in [0.717, 1.165) is 36.0 Å². The Bertz CT molecular complexity index is 709. The minimum atomic E-state index is 0.345. The van der Waals surface area contributed by atoms with Crippen LogP contribution >= 0.6 is 0 Å². The summed E-state index contributed by atoms with van der Waals surface area (Å²) in [6.45, 7) is 15.1. The van der Waals surface area contributed by atoms with Crippen molar-refractivity contribution in [2.75, 3.05) is 0 Å². The van der Waals surface area contributed by atoms with Crippen LogP contribution in [0.4, 0.5) is 0 Å². The largest absolute Gasteiger partial charge is 0.299 e. The number of rotatable bonds is 5. The van der Waals surface area contributed by atoms with Gasteiger partial charge in [0.05, 0.1) is 0 Å². The fraction of sp³-hybridized carbons (Fsp3) is 0.966. The standard InChI is InChI=1S/C29H48O/c1-19(2)8-7-9-20(3)22-12-14-27(6)25-11-10-23-21(4)24(30)13-15-28(23)18-29(25,28)17-16-26(22,27)5/h19-23,25H,7-18H2,1-6H3/t20-,21+,22-,23+,25+,26-,27+,28-,29+/m1/s1. The minimum absolute atomic E-state index is 0.345. The first kappa shape index (κ1) is 21.5. The zero-order chi connectivity index (χ0) is 21.5. The summed E-state index contributed by atoms with van der Waals surface area (Å²) in [5, 5.41) is 0. The fourth-order valence-electron chi connectivity index (χ4n) is 10.8. The van der Waals surface area contributed by atoms with E-state index in [1.54, 1.807) is 0 Å². The highest BCUT2D eigenvalue weighted by atomic mass is 16.1. The zero-order valence-corrected chi connectivity index (χ0v) is 20.9. The predicted molar refractivity (Wildman–Crippen MR) is 125 cm³/mol. The maximum atomic E-state index is 12.5. The highest BCUT2D eigenvalue weighted by molar-refractivity contribution is 5.82. The lowest BCUT2D eigenvalue weighted by Gasteiger charge is -2.61. The first-order chi connectivity index (χ1) is 14.1. The van der Waals surface area contributed by atoms with Crippen molar-refractivity contribution >= 4 is 5.78 Å². The zero-order valence-electron chi connectivity index (χ0n) is 20.9. The Kier molecular flexibility index (Phi) is 4.90. The van der Waals surface area contributed by atoms with Crippen LogP contribution in [-0.2, 0) is 4.79 Å². The SMILES string of the molecule is CC(C)CCC[C@@H](C)[C@H]1CC[C@@]2(C)[C@@H]3CC[C@H]4[C@H](C)C(=O)CC[C@@]45C[C@@]35CC[C@]12C. The number of hydrogen-bond donors (Lipinski definition) is 0. The van der Waals surface area contributed by atoms with Crippen LogP contribution in [0, 0.1) is 57.2 Å². The molecule has 5 aliphatic carbocycles. The van der Waals surface area contributed by atoms with E-state index in [1.165, 1.54) is 70.6 Å². The van der Waals surface area contributed by atoms with Crippen LogP contribution in [0.3, 0.4) is 0 Å². The normalized spacial score (nSPS) is 53.0. The molecule has 0 heterocycles. The number of carbonyl (C=O) groups excluding carboxylic acids is 1.